The van der Waals surface area contributed by atoms with Crippen molar-refractivity contribution in [2.24, 2.45) is 0 Å². The quantitative estimate of drug-likeness (QED) is 0.800. The first-order chi connectivity index (χ1) is 8.31. The Bertz CT molecular complexity index is 531. The van der Waals surface area contributed by atoms with E-state index in [2.05, 4.69) is 16.0 Å². The van der Waals surface area contributed by atoms with E-state index in [1.807, 2.05) is 30.3 Å². The fourth-order valence-electron chi connectivity index (χ4n) is 1.63. The maximum Gasteiger partial charge on any atom is 0.146 e. The zero-order chi connectivity index (χ0) is 12.1. The van der Waals surface area contributed by atoms with Gasteiger partial charge in [0, 0.05) is 32.2 Å². The van der Waals surface area contributed by atoms with Crippen LogP contribution in [-0.2, 0) is 6.54 Å². The number of rotatable bonds is 3. The topological polar surface area (TPSA) is 52.8 Å². The molecule has 0 fully saturated rings. The number of aromatic nitrogens is 2. The molecule has 0 spiro atoms. The van der Waals surface area contributed by atoms with Crippen LogP contribution in [0.1, 0.15) is 11.1 Å². The van der Waals surface area contributed by atoms with Gasteiger partial charge in [0.1, 0.15) is 11.9 Å². The van der Waals surface area contributed by atoms with Gasteiger partial charge >= 0.3 is 0 Å². The van der Waals surface area contributed by atoms with E-state index in [0.29, 0.717) is 17.9 Å². The summed E-state index contributed by atoms with van der Waals surface area (Å²) in [6.07, 6.45) is 5.24. The van der Waals surface area contributed by atoms with Gasteiger partial charge in [0.05, 0.1) is 5.56 Å². The normalized spacial score (nSPS) is 9.65. The number of hydrogen-bond acceptors (Lipinski definition) is 4. The fraction of sp³-hybridized carbons (Fsp3) is 0.154. The standard InChI is InChI=1S/C13H12N4/c1-17(10-11-4-2-6-15-9-11)13-12(8-14)5-3-7-16-13/h2-7,9H,10H2,1H3. The Hall–Kier alpha value is -2.41. The summed E-state index contributed by atoms with van der Waals surface area (Å²) in [6.45, 7) is 0.680. The van der Waals surface area contributed by atoms with Crippen LogP contribution in [0.25, 0.3) is 0 Å². The molecule has 0 saturated carbocycles. The van der Waals surface area contributed by atoms with Gasteiger partial charge in [-0.05, 0) is 23.8 Å². The lowest BCUT2D eigenvalue weighted by Crippen LogP contribution is -2.18. The minimum atomic E-state index is 0.582. The Morgan fingerprint density at radius 2 is 2.12 bits per heavy atom. The molecule has 0 bridgehead atoms. The number of hydrogen-bond donors (Lipinski definition) is 0. The molecule has 0 atom stereocenters. The second-order valence-electron chi connectivity index (χ2n) is 3.70. The van der Waals surface area contributed by atoms with Crippen molar-refractivity contribution in [2.45, 2.75) is 6.54 Å². The third-order valence-corrected chi connectivity index (χ3v) is 2.41. The molecule has 4 nitrogen and oxygen atoms in total. The summed E-state index contributed by atoms with van der Waals surface area (Å²) in [5.74, 6) is 0.693. The highest BCUT2D eigenvalue weighted by Crippen LogP contribution is 2.16. The van der Waals surface area contributed by atoms with Crippen molar-refractivity contribution in [3.05, 3.63) is 54.0 Å². The summed E-state index contributed by atoms with van der Waals surface area (Å²) in [7, 11) is 1.91. The molecule has 0 unspecified atom stereocenters. The lowest BCUT2D eigenvalue weighted by atomic mass is 10.2. The molecular weight excluding hydrogens is 212 g/mol. The number of nitrogens with zero attached hydrogens (tertiary/aromatic N) is 4. The molecule has 2 aromatic rings. The van der Waals surface area contributed by atoms with E-state index in [-0.39, 0.29) is 0 Å². The Balaban J connectivity index is 2.21. The SMILES string of the molecule is CN(Cc1cccnc1)c1ncccc1C#N. The molecule has 2 rings (SSSR count). The Labute approximate surface area is 100 Å². The summed E-state index contributed by atoms with van der Waals surface area (Å²) in [6, 6.07) is 9.57. The maximum atomic E-state index is 9.00. The summed E-state index contributed by atoms with van der Waals surface area (Å²) in [5, 5.41) is 9.00. The summed E-state index contributed by atoms with van der Waals surface area (Å²) >= 11 is 0. The Morgan fingerprint density at radius 1 is 1.29 bits per heavy atom. The number of anilines is 1. The Morgan fingerprint density at radius 3 is 2.82 bits per heavy atom. The second kappa shape index (κ2) is 5.08. The van der Waals surface area contributed by atoms with Gasteiger partial charge in [-0.1, -0.05) is 6.07 Å². The van der Waals surface area contributed by atoms with Gasteiger partial charge in [-0.15, -0.1) is 0 Å². The van der Waals surface area contributed by atoms with Crippen molar-refractivity contribution in [3.8, 4) is 6.07 Å². The van der Waals surface area contributed by atoms with Crippen LogP contribution in [0.3, 0.4) is 0 Å². The number of pyridine rings is 2. The molecule has 0 aliphatic rings. The molecule has 4 heteroatoms. The van der Waals surface area contributed by atoms with Gasteiger partial charge in [0.2, 0.25) is 0 Å². The van der Waals surface area contributed by atoms with E-state index in [0.717, 1.165) is 5.56 Å². The second-order valence-corrected chi connectivity index (χ2v) is 3.70. The van der Waals surface area contributed by atoms with Gasteiger partial charge in [-0.3, -0.25) is 4.98 Å². The van der Waals surface area contributed by atoms with Crippen LogP contribution < -0.4 is 4.90 Å². The van der Waals surface area contributed by atoms with Gasteiger partial charge in [0.15, 0.2) is 0 Å². The van der Waals surface area contributed by atoms with Gasteiger partial charge in [-0.25, -0.2) is 4.98 Å². The molecule has 2 aromatic heterocycles. The monoisotopic (exact) mass is 224 g/mol. The van der Waals surface area contributed by atoms with Crippen molar-refractivity contribution in [1.29, 1.82) is 5.26 Å². The van der Waals surface area contributed by atoms with Crippen LogP contribution in [0.4, 0.5) is 5.82 Å². The molecule has 0 amide bonds. The van der Waals surface area contributed by atoms with Crippen molar-refractivity contribution < 1.29 is 0 Å². The molecule has 0 aliphatic heterocycles. The predicted octanol–water partition coefficient (Wildman–Crippen LogP) is 1.98. The highest BCUT2D eigenvalue weighted by Gasteiger charge is 2.08. The van der Waals surface area contributed by atoms with E-state index in [4.69, 9.17) is 5.26 Å². The average Bonchev–Trinajstić information content (AvgIpc) is 2.40. The smallest absolute Gasteiger partial charge is 0.146 e. The highest BCUT2D eigenvalue weighted by atomic mass is 15.2. The average molecular weight is 224 g/mol. The highest BCUT2D eigenvalue weighted by molar-refractivity contribution is 5.53. The van der Waals surface area contributed by atoms with Gasteiger partial charge in [0.25, 0.3) is 0 Å². The third kappa shape index (κ3) is 2.58. The van der Waals surface area contributed by atoms with E-state index in [1.54, 1.807) is 24.5 Å². The van der Waals surface area contributed by atoms with Crippen molar-refractivity contribution in [2.75, 3.05) is 11.9 Å². The first-order valence-corrected chi connectivity index (χ1v) is 5.26. The van der Waals surface area contributed by atoms with Gasteiger partial charge in [-0.2, -0.15) is 5.26 Å². The van der Waals surface area contributed by atoms with Crippen LogP contribution in [0.15, 0.2) is 42.9 Å². The molecular formula is C13H12N4. The minimum Gasteiger partial charge on any atom is -0.354 e. The van der Waals surface area contributed by atoms with Crippen molar-refractivity contribution in [1.82, 2.24) is 9.97 Å². The largest absolute Gasteiger partial charge is 0.354 e. The minimum absolute atomic E-state index is 0.582. The van der Waals surface area contributed by atoms with Crippen LogP contribution in [0.2, 0.25) is 0 Å². The van der Waals surface area contributed by atoms with E-state index < -0.39 is 0 Å². The molecule has 0 saturated heterocycles. The zero-order valence-corrected chi connectivity index (χ0v) is 9.54. The lowest BCUT2D eigenvalue weighted by Gasteiger charge is -2.18. The van der Waals surface area contributed by atoms with E-state index in [9.17, 15) is 0 Å². The van der Waals surface area contributed by atoms with Gasteiger partial charge < -0.3 is 4.90 Å². The molecule has 0 aliphatic carbocycles. The molecule has 84 valence electrons. The fourth-order valence-corrected chi connectivity index (χ4v) is 1.63. The van der Waals surface area contributed by atoms with Crippen LogP contribution >= 0.6 is 0 Å². The van der Waals surface area contributed by atoms with Crippen molar-refractivity contribution >= 4 is 5.82 Å². The first-order valence-electron chi connectivity index (χ1n) is 5.26. The molecule has 2 heterocycles. The summed E-state index contributed by atoms with van der Waals surface area (Å²) < 4.78 is 0. The van der Waals surface area contributed by atoms with Crippen LogP contribution in [0.5, 0.6) is 0 Å². The lowest BCUT2D eigenvalue weighted by molar-refractivity contribution is 0.889. The third-order valence-electron chi connectivity index (χ3n) is 2.41. The predicted molar refractivity (Wildman–Crippen MR) is 65.3 cm³/mol. The molecule has 0 radical (unpaired) electrons. The van der Waals surface area contributed by atoms with E-state index >= 15 is 0 Å². The van der Waals surface area contributed by atoms with Crippen molar-refractivity contribution in [3.63, 3.8) is 0 Å². The van der Waals surface area contributed by atoms with Crippen LogP contribution in [-0.4, -0.2) is 17.0 Å². The van der Waals surface area contributed by atoms with E-state index in [1.165, 1.54) is 0 Å². The number of nitriles is 1. The zero-order valence-electron chi connectivity index (χ0n) is 9.54. The Kier molecular flexibility index (Phi) is 3.31. The molecule has 17 heavy (non-hydrogen) atoms. The molecule has 0 aromatic carbocycles. The summed E-state index contributed by atoms with van der Waals surface area (Å²) in [5.41, 5.74) is 1.67. The van der Waals surface area contributed by atoms with Crippen LogP contribution in [0, 0.1) is 11.3 Å². The summed E-state index contributed by atoms with van der Waals surface area (Å²) in [4.78, 5) is 10.2. The molecule has 0 N–H and O–H groups in total. The maximum absolute atomic E-state index is 9.00. The first kappa shape index (κ1) is 11.1.